The Kier molecular flexibility index (Phi) is 5.83. The first-order valence-corrected chi connectivity index (χ1v) is 9.44. The van der Waals surface area contributed by atoms with Crippen LogP contribution in [0.25, 0.3) is 0 Å². The molecule has 0 radical (unpaired) electrons. The number of anilines is 1. The largest absolute Gasteiger partial charge is 0.434 e. The Morgan fingerprint density at radius 1 is 1.24 bits per heavy atom. The second-order valence-electron chi connectivity index (χ2n) is 7.65. The van der Waals surface area contributed by atoms with Gasteiger partial charge in [-0.05, 0) is 26.8 Å². The summed E-state index contributed by atoms with van der Waals surface area (Å²) in [5.74, 6) is 0.290. The number of halogens is 3. The van der Waals surface area contributed by atoms with Crippen LogP contribution in [-0.4, -0.2) is 56.6 Å². The third-order valence-electron chi connectivity index (χ3n) is 4.90. The van der Waals surface area contributed by atoms with Gasteiger partial charge in [0.05, 0.1) is 18.0 Å². The molecule has 0 saturated carbocycles. The standard InChI is InChI=1S/C19H25F3N6O/c1-12(23)8-26-5-4-15(11-26)18(29)28-13(2)9-27(10-14(28)3)17-7-24-16(6-25-17)19(20,21)22/h4-7,11-14H,8-10,23H2,1-3H3/t12-,13-,14+/m0/s1. The van der Waals surface area contributed by atoms with E-state index in [-0.39, 0.29) is 24.0 Å². The Balaban J connectivity index is 1.71. The maximum absolute atomic E-state index is 13.0. The van der Waals surface area contributed by atoms with Gasteiger partial charge < -0.3 is 20.1 Å². The molecule has 0 bridgehead atoms. The number of amides is 1. The van der Waals surface area contributed by atoms with Crippen LogP contribution in [0, 0.1) is 0 Å². The van der Waals surface area contributed by atoms with Crippen LogP contribution in [0.3, 0.4) is 0 Å². The van der Waals surface area contributed by atoms with E-state index in [0.29, 0.717) is 31.0 Å². The Labute approximate surface area is 167 Å². The van der Waals surface area contributed by atoms with Crippen LogP contribution < -0.4 is 10.6 Å². The van der Waals surface area contributed by atoms with Crippen molar-refractivity contribution in [3.8, 4) is 0 Å². The number of rotatable bonds is 4. The summed E-state index contributed by atoms with van der Waals surface area (Å²) in [6.45, 7) is 7.26. The van der Waals surface area contributed by atoms with E-state index in [1.165, 1.54) is 0 Å². The molecule has 0 unspecified atom stereocenters. The molecule has 1 aliphatic heterocycles. The third kappa shape index (κ3) is 4.69. The second-order valence-corrected chi connectivity index (χ2v) is 7.65. The SMILES string of the molecule is C[C@H](N)Cn1ccc(C(=O)N2[C@H](C)CN(c3cnc(C(F)(F)F)cn3)C[C@@H]2C)c1. The van der Waals surface area contributed by atoms with Crippen LogP contribution in [0.4, 0.5) is 19.0 Å². The summed E-state index contributed by atoms with van der Waals surface area (Å²) in [5, 5.41) is 0. The lowest BCUT2D eigenvalue weighted by Gasteiger charge is -2.44. The number of alkyl halides is 3. The molecule has 10 heteroatoms. The predicted molar refractivity (Wildman–Crippen MR) is 102 cm³/mol. The maximum Gasteiger partial charge on any atom is 0.434 e. The highest BCUT2D eigenvalue weighted by atomic mass is 19.4. The molecule has 2 aromatic rings. The van der Waals surface area contributed by atoms with Crippen molar-refractivity contribution in [1.82, 2.24) is 19.4 Å². The molecular formula is C19H25F3N6O. The third-order valence-corrected chi connectivity index (χ3v) is 4.90. The molecule has 1 saturated heterocycles. The van der Waals surface area contributed by atoms with Crippen molar-refractivity contribution >= 4 is 11.7 Å². The number of carbonyl (C=O) groups excluding carboxylic acids is 1. The van der Waals surface area contributed by atoms with Crippen molar-refractivity contribution in [3.63, 3.8) is 0 Å². The van der Waals surface area contributed by atoms with E-state index in [9.17, 15) is 18.0 Å². The number of piperazine rings is 1. The van der Waals surface area contributed by atoms with Crippen LogP contribution >= 0.6 is 0 Å². The first-order chi connectivity index (χ1) is 13.6. The van der Waals surface area contributed by atoms with E-state index in [1.807, 2.05) is 36.4 Å². The summed E-state index contributed by atoms with van der Waals surface area (Å²) >= 11 is 0. The highest BCUT2D eigenvalue weighted by Gasteiger charge is 2.36. The molecule has 0 aromatic carbocycles. The van der Waals surface area contributed by atoms with Gasteiger partial charge in [-0.2, -0.15) is 13.2 Å². The minimum atomic E-state index is -4.52. The number of nitrogens with zero attached hydrogens (tertiary/aromatic N) is 5. The fourth-order valence-electron chi connectivity index (χ4n) is 3.70. The van der Waals surface area contributed by atoms with Gasteiger partial charge in [0.25, 0.3) is 5.91 Å². The number of aromatic nitrogens is 3. The lowest BCUT2D eigenvalue weighted by Crippen LogP contribution is -2.59. The molecule has 7 nitrogen and oxygen atoms in total. The zero-order chi connectivity index (χ0) is 21.3. The minimum Gasteiger partial charge on any atom is -0.352 e. The number of carbonyl (C=O) groups is 1. The molecule has 1 aliphatic rings. The fourth-order valence-corrected chi connectivity index (χ4v) is 3.70. The van der Waals surface area contributed by atoms with E-state index in [2.05, 4.69) is 9.97 Å². The highest BCUT2D eigenvalue weighted by Crippen LogP contribution is 2.28. The Morgan fingerprint density at radius 3 is 2.41 bits per heavy atom. The van der Waals surface area contributed by atoms with Crippen molar-refractivity contribution < 1.29 is 18.0 Å². The van der Waals surface area contributed by atoms with Crippen molar-refractivity contribution in [2.45, 2.75) is 51.6 Å². The lowest BCUT2D eigenvalue weighted by molar-refractivity contribution is -0.141. The van der Waals surface area contributed by atoms with Crippen molar-refractivity contribution in [2.75, 3.05) is 18.0 Å². The van der Waals surface area contributed by atoms with Gasteiger partial charge in [0, 0.05) is 50.2 Å². The van der Waals surface area contributed by atoms with Gasteiger partial charge in [-0.25, -0.2) is 9.97 Å². The first-order valence-electron chi connectivity index (χ1n) is 9.44. The summed E-state index contributed by atoms with van der Waals surface area (Å²) in [6.07, 6.45) is 0.978. The molecule has 158 valence electrons. The van der Waals surface area contributed by atoms with Crippen LogP contribution in [0.5, 0.6) is 0 Å². The molecular weight excluding hydrogens is 385 g/mol. The van der Waals surface area contributed by atoms with E-state index in [1.54, 1.807) is 17.2 Å². The Bertz CT molecular complexity index is 836. The predicted octanol–water partition coefficient (Wildman–Crippen LogP) is 2.38. The normalized spacial score (nSPS) is 21.3. The maximum atomic E-state index is 13.0. The molecule has 0 aliphatic carbocycles. The summed E-state index contributed by atoms with van der Waals surface area (Å²) in [6, 6.07) is 1.47. The zero-order valence-corrected chi connectivity index (χ0v) is 16.6. The van der Waals surface area contributed by atoms with E-state index in [0.717, 1.165) is 12.4 Å². The van der Waals surface area contributed by atoms with Gasteiger partial charge in [0.1, 0.15) is 5.82 Å². The summed E-state index contributed by atoms with van der Waals surface area (Å²) in [7, 11) is 0. The van der Waals surface area contributed by atoms with Gasteiger partial charge in [-0.3, -0.25) is 4.79 Å². The number of nitrogens with two attached hydrogens (primary N) is 1. The van der Waals surface area contributed by atoms with Gasteiger partial charge in [0.2, 0.25) is 0 Å². The van der Waals surface area contributed by atoms with Gasteiger partial charge in [-0.1, -0.05) is 0 Å². The van der Waals surface area contributed by atoms with Crippen molar-refractivity contribution in [1.29, 1.82) is 0 Å². The Hall–Kier alpha value is -2.62. The minimum absolute atomic E-state index is 0.0170. The second kappa shape index (κ2) is 8.02. The smallest absolute Gasteiger partial charge is 0.352 e. The molecule has 29 heavy (non-hydrogen) atoms. The summed E-state index contributed by atoms with van der Waals surface area (Å²) in [5.41, 5.74) is 5.37. The number of hydrogen-bond acceptors (Lipinski definition) is 5. The van der Waals surface area contributed by atoms with Crippen LogP contribution in [0.2, 0.25) is 0 Å². The fraction of sp³-hybridized carbons (Fsp3) is 0.526. The molecule has 1 amide bonds. The van der Waals surface area contributed by atoms with Gasteiger partial charge in [-0.15, -0.1) is 0 Å². The van der Waals surface area contributed by atoms with Crippen LogP contribution in [-0.2, 0) is 12.7 Å². The molecule has 3 atom stereocenters. The van der Waals surface area contributed by atoms with E-state index < -0.39 is 11.9 Å². The molecule has 0 spiro atoms. The topological polar surface area (TPSA) is 80.3 Å². The average Bonchev–Trinajstić information content (AvgIpc) is 3.08. The number of hydrogen-bond donors (Lipinski definition) is 1. The molecule has 3 heterocycles. The molecule has 1 fully saturated rings. The van der Waals surface area contributed by atoms with Crippen molar-refractivity contribution in [3.05, 3.63) is 42.1 Å². The van der Waals surface area contributed by atoms with Crippen LogP contribution in [0.15, 0.2) is 30.9 Å². The van der Waals surface area contributed by atoms with Crippen molar-refractivity contribution in [2.24, 2.45) is 5.73 Å². The monoisotopic (exact) mass is 410 g/mol. The van der Waals surface area contributed by atoms with E-state index in [4.69, 9.17) is 5.73 Å². The molecule has 2 aromatic heterocycles. The van der Waals surface area contributed by atoms with Crippen LogP contribution in [0.1, 0.15) is 36.8 Å². The van der Waals surface area contributed by atoms with Gasteiger partial charge >= 0.3 is 6.18 Å². The Morgan fingerprint density at radius 2 is 1.90 bits per heavy atom. The quantitative estimate of drug-likeness (QED) is 0.837. The molecule has 3 rings (SSSR count). The zero-order valence-electron chi connectivity index (χ0n) is 16.6. The average molecular weight is 410 g/mol. The summed E-state index contributed by atoms with van der Waals surface area (Å²) < 4.78 is 40.0. The highest BCUT2D eigenvalue weighted by molar-refractivity contribution is 5.94. The molecule has 2 N–H and O–H groups in total. The summed E-state index contributed by atoms with van der Waals surface area (Å²) in [4.78, 5) is 24.1. The van der Waals surface area contributed by atoms with Gasteiger partial charge in [0.15, 0.2) is 5.69 Å². The van der Waals surface area contributed by atoms with E-state index >= 15 is 0 Å². The first kappa shape index (κ1) is 21.1. The lowest BCUT2D eigenvalue weighted by atomic mass is 10.1.